The van der Waals surface area contributed by atoms with E-state index in [1.807, 2.05) is 19.1 Å². The molecule has 0 spiro atoms. The molecule has 3 nitrogen and oxygen atoms in total. The van der Waals surface area contributed by atoms with Gasteiger partial charge in [-0.2, -0.15) is 0 Å². The summed E-state index contributed by atoms with van der Waals surface area (Å²) in [6, 6.07) is 7.11. The molecule has 1 aliphatic rings. The highest BCUT2D eigenvalue weighted by Crippen LogP contribution is 2.24. The zero-order valence-corrected chi connectivity index (χ0v) is 8.64. The van der Waals surface area contributed by atoms with Gasteiger partial charge in [-0.15, -0.1) is 0 Å². The van der Waals surface area contributed by atoms with Crippen LogP contribution in [0.2, 0.25) is 0 Å². The third kappa shape index (κ3) is 1.77. The molecule has 3 heteroatoms. The normalized spacial score (nSPS) is 20.7. The number of hydrogen-bond acceptors (Lipinski definition) is 2. The van der Waals surface area contributed by atoms with E-state index in [2.05, 4.69) is 0 Å². The average molecular weight is 203 g/mol. The zero-order valence-electron chi connectivity index (χ0n) is 8.64. The Labute approximate surface area is 88.7 Å². The lowest BCUT2D eigenvalue weighted by Crippen LogP contribution is -2.25. The predicted octanol–water partition coefficient (Wildman–Crippen LogP) is 1.87. The highest BCUT2D eigenvalue weighted by molar-refractivity contribution is 5.97. The fraction of sp³-hybridized carbons (Fsp3) is 0.333. The van der Waals surface area contributed by atoms with Gasteiger partial charge in [0.15, 0.2) is 0 Å². The van der Waals surface area contributed by atoms with E-state index in [1.165, 1.54) is 0 Å². The molecule has 15 heavy (non-hydrogen) atoms. The van der Waals surface area contributed by atoms with E-state index in [0.717, 1.165) is 24.9 Å². The molecule has 78 valence electrons. The molecule has 1 heterocycles. The Morgan fingerprint density at radius 1 is 1.33 bits per heavy atom. The van der Waals surface area contributed by atoms with Gasteiger partial charge in [0.05, 0.1) is 0 Å². The summed E-state index contributed by atoms with van der Waals surface area (Å²) in [5.41, 5.74) is 1.52. The van der Waals surface area contributed by atoms with Gasteiger partial charge in [0.25, 0.3) is 0 Å². The number of nitrogens with zero attached hydrogens (tertiary/aromatic N) is 1. The first-order valence-electron chi connectivity index (χ1n) is 5.09. The minimum absolute atomic E-state index is 0.121. The van der Waals surface area contributed by atoms with Gasteiger partial charge in [-0.05, 0) is 30.7 Å². The second-order valence-corrected chi connectivity index (χ2v) is 3.89. The minimum atomic E-state index is 0.121. The van der Waals surface area contributed by atoms with Crippen LogP contribution < -0.4 is 4.90 Å². The maximum absolute atomic E-state index is 11.7. The largest absolute Gasteiger partial charge is 0.312 e. The molecule has 1 saturated heterocycles. The van der Waals surface area contributed by atoms with Gasteiger partial charge in [0, 0.05) is 23.7 Å². The second-order valence-electron chi connectivity index (χ2n) is 3.89. The highest BCUT2D eigenvalue weighted by atomic mass is 16.2. The number of amides is 1. The van der Waals surface area contributed by atoms with Crippen molar-refractivity contribution in [2.45, 2.75) is 13.3 Å². The van der Waals surface area contributed by atoms with Crippen LogP contribution in [0.4, 0.5) is 5.69 Å². The number of carbonyl (C=O) groups is 2. The maximum Gasteiger partial charge on any atom is 0.229 e. The van der Waals surface area contributed by atoms with Gasteiger partial charge < -0.3 is 4.90 Å². The monoisotopic (exact) mass is 203 g/mol. The Bertz CT molecular complexity index is 383. The number of aldehydes is 1. The van der Waals surface area contributed by atoms with Gasteiger partial charge in [-0.1, -0.05) is 6.92 Å². The first-order chi connectivity index (χ1) is 7.22. The summed E-state index contributed by atoms with van der Waals surface area (Å²) in [6.45, 7) is 2.72. The molecule has 2 rings (SSSR count). The maximum atomic E-state index is 11.7. The molecule has 0 bridgehead atoms. The Balaban J connectivity index is 2.23. The lowest BCUT2D eigenvalue weighted by molar-refractivity contribution is -0.119. The van der Waals surface area contributed by atoms with Crippen molar-refractivity contribution in [3.05, 3.63) is 29.8 Å². The lowest BCUT2D eigenvalue weighted by Gasteiger charge is -2.16. The quantitative estimate of drug-likeness (QED) is 0.688. The molecule has 1 amide bonds. The van der Waals surface area contributed by atoms with Crippen molar-refractivity contribution in [2.75, 3.05) is 11.4 Å². The SMILES string of the molecule is C[C@H]1CCN(c2ccc(C=O)cc2)C1=O. The Morgan fingerprint density at radius 3 is 2.47 bits per heavy atom. The third-order valence-corrected chi connectivity index (χ3v) is 2.81. The van der Waals surface area contributed by atoms with E-state index in [-0.39, 0.29) is 11.8 Å². The smallest absolute Gasteiger partial charge is 0.229 e. The standard InChI is InChI=1S/C12H13NO2/c1-9-6-7-13(12(9)15)11-4-2-10(8-14)3-5-11/h2-5,8-9H,6-7H2,1H3/t9-/m0/s1. The number of benzene rings is 1. The molecule has 0 unspecified atom stereocenters. The lowest BCUT2D eigenvalue weighted by atomic mass is 10.1. The van der Waals surface area contributed by atoms with Crippen molar-refractivity contribution in [2.24, 2.45) is 5.92 Å². The summed E-state index contributed by atoms with van der Waals surface area (Å²) in [5, 5.41) is 0. The molecule has 0 aromatic heterocycles. The molecule has 1 atom stereocenters. The van der Waals surface area contributed by atoms with Crippen LogP contribution in [0.5, 0.6) is 0 Å². The predicted molar refractivity (Wildman–Crippen MR) is 58.0 cm³/mol. The number of rotatable bonds is 2. The average Bonchev–Trinajstić information content (AvgIpc) is 2.60. The van der Waals surface area contributed by atoms with E-state index in [9.17, 15) is 9.59 Å². The molecule has 0 saturated carbocycles. The van der Waals surface area contributed by atoms with Crippen molar-refractivity contribution in [1.82, 2.24) is 0 Å². The van der Waals surface area contributed by atoms with E-state index in [1.54, 1.807) is 17.0 Å². The van der Waals surface area contributed by atoms with Gasteiger partial charge in [-0.25, -0.2) is 0 Å². The van der Waals surface area contributed by atoms with Crippen LogP contribution in [-0.4, -0.2) is 18.7 Å². The van der Waals surface area contributed by atoms with E-state index in [0.29, 0.717) is 5.56 Å². The van der Waals surface area contributed by atoms with Crippen molar-refractivity contribution < 1.29 is 9.59 Å². The number of hydrogen-bond donors (Lipinski definition) is 0. The molecule has 0 N–H and O–H groups in total. The van der Waals surface area contributed by atoms with E-state index < -0.39 is 0 Å². The van der Waals surface area contributed by atoms with Crippen LogP contribution in [0.15, 0.2) is 24.3 Å². The molecule has 1 aromatic rings. The molecule has 1 aliphatic heterocycles. The summed E-state index contributed by atoms with van der Waals surface area (Å²) in [4.78, 5) is 24.0. The van der Waals surface area contributed by atoms with Gasteiger partial charge >= 0.3 is 0 Å². The van der Waals surface area contributed by atoms with Crippen LogP contribution in [0.25, 0.3) is 0 Å². The molecular formula is C12H13NO2. The summed E-state index contributed by atoms with van der Waals surface area (Å²) >= 11 is 0. The van der Waals surface area contributed by atoms with Gasteiger partial charge in [-0.3, -0.25) is 9.59 Å². The highest BCUT2D eigenvalue weighted by Gasteiger charge is 2.28. The van der Waals surface area contributed by atoms with Crippen LogP contribution in [-0.2, 0) is 4.79 Å². The second kappa shape index (κ2) is 3.85. The zero-order chi connectivity index (χ0) is 10.8. The minimum Gasteiger partial charge on any atom is -0.312 e. The summed E-state index contributed by atoms with van der Waals surface area (Å²) in [6.07, 6.45) is 1.71. The Morgan fingerprint density at radius 2 is 2.00 bits per heavy atom. The molecule has 1 aromatic carbocycles. The van der Waals surface area contributed by atoms with Gasteiger partial charge in [0.1, 0.15) is 6.29 Å². The summed E-state index contributed by atoms with van der Waals surface area (Å²) in [7, 11) is 0. The van der Waals surface area contributed by atoms with Crippen molar-refractivity contribution >= 4 is 17.9 Å². The third-order valence-electron chi connectivity index (χ3n) is 2.81. The number of carbonyl (C=O) groups excluding carboxylic acids is 2. The number of anilines is 1. The van der Waals surface area contributed by atoms with Crippen LogP contribution in [0.1, 0.15) is 23.7 Å². The molecule has 0 aliphatic carbocycles. The van der Waals surface area contributed by atoms with Crippen LogP contribution >= 0.6 is 0 Å². The fourth-order valence-electron chi connectivity index (χ4n) is 1.81. The molecular weight excluding hydrogens is 190 g/mol. The van der Waals surface area contributed by atoms with Crippen LogP contribution in [0.3, 0.4) is 0 Å². The van der Waals surface area contributed by atoms with Gasteiger partial charge in [0.2, 0.25) is 5.91 Å². The van der Waals surface area contributed by atoms with Crippen molar-refractivity contribution in [3.63, 3.8) is 0 Å². The molecule has 1 fully saturated rings. The first-order valence-corrected chi connectivity index (χ1v) is 5.09. The summed E-state index contributed by atoms with van der Waals surface area (Å²) in [5.74, 6) is 0.296. The first kappa shape index (κ1) is 9.90. The fourth-order valence-corrected chi connectivity index (χ4v) is 1.81. The van der Waals surface area contributed by atoms with E-state index in [4.69, 9.17) is 0 Å². The topological polar surface area (TPSA) is 37.4 Å². The van der Waals surface area contributed by atoms with Crippen molar-refractivity contribution in [3.8, 4) is 0 Å². The van der Waals surface area contributed by atoms with Crippen molar-refractivity contribution in [1.29, 1.82) is 0 Å². The Kier molecular flexibility index (Phi) is 2.54. The summed E-state index contributed by atoms with van der Waals surface area (Å²) < 4.78 is 0. The molecule has 0 radical (unpaired) electrons. The Hall–Kier alpha value is -1.64. The van der Waals surface area contributed by atoms with Crippen LogP contribution in [0, 0.1) is 5.92 Å². The van der Waals surface area contributed by atoms with E-state index >= 15 is 0 Å².